The summed E-state index contributed by atoms with van der Waals surface area (Å²) in [6, 6.07) is -0.390. The normalized spacial score (nSPS) is 12.3. The highest BCUT2D eigenvalue weighted by Gasteiger charge is 2.14. The Bertz CT molecular complexity index is 540. The minimum atomic E-state index is -0.390. The van der Waals surface area contributed by atoms with Gasteiger partial charge in [0.15, 0.2) is 5.82 Å². The second-order valence-electron chi connectivity index (χ2n) is 3.60. The van der Waals surface area contributed by atoms with Gasteiger partial charge in [-0.2, -0.15) is 4.98 Å². The summed E-state index contributed by atoms with van der Waals surface area (Å²) in [6.45, 7) is 1.96. The molecule has 0 fully saturated rings. The Morgan fingerprint density at radius 3 is 3.06 bits per heavy atom. The lowest BCUT2D eigenvalue weighted by atomic mass is 10.2. The van der Waals surface area contributed by atoms with Gasteiger partial charge in [0.25, 0.3) is 0 Å². The van der Waals surface area contributed by atoms with E-state index in [0.29, 0.717) is 24.6 Å². The number of hydrogen-bond donors (Lipinski definition) is 1. The Balaban J connectivity index is 2.06. The molecule has 0 radical (unpaired) electrons. The molecule has 0 aliphatic heterocycles. The lowest BCUT2D eigenvalue weighted by Gasteiger charge is -1.98. The lowest BCUT2D eigenvalue weighted by molar-refractivity contribution is 0.353. The van der Waals surface area contributed by atoms with Crippen LogP contribution in [0.4, 0.5) is 0 Å². The molecule has 2 aromatic heterocycles. The minimum absolute atomic E-state index is 0.380. The van der Waals surface area contributed by atoms with Crippen LogP contribution in [0.3, 0.4) is 0 Å². The van der Waals surface area contributed by atoms with Crippen molar-refractivity contribution in [2.24, 2.45) is 5.73 Å². The Morgan fingerprint density at radius 1 is 1.59 bits per heavy atom. The van der Waals surface area contributed by atoms with Gasteiger partial charge in [0, 0.05) is 11.8 Å². The first-order valence-electron chi connectivity index (χ1n) is 5.11. The number of hydrogen-bond acceptors (Lipinski definition) is 6. The van der Waals surface area contributed by atoms with Gasteiger partial charge >= 0.3 is 0 Å². The predicted molar refractivity (Wildman–Crippen MR) is 64.3 cm³/mol. The molecule has 0 saturated carbocycles. The Labute approximate surface area is 103 Å². The molecule has 0 amide bonds. The monoisotopic (exact) mass is 248 g/mol. The SMILES string of the molecule is C#CCC(N)c1nc(Cc2csc(C)n2)no1. The number of aryl methyl sites for hydroxylation is 1. The van der Waals surface area contributed by atoms with E-state index in [1.807, 2.05) is 12.3 Å². The second kappa shape index (κ2) is 5.08. The molecular formula is C11H12N4OS. The first-order valence-corrected chi connectivity index (χ1v) is 5.99. The fourth-order valence-electron chi connectivity index (χ4n) is 1.36. The zero-order valence-corrected chi connectivity index (χ0v) is 10.2. The average Bonchev–Trinajstić information content (AvgIpc) is 2.89. The van der Waals surface area contributed by atoms with Gasteiger partial charge in [-0.1, -0.05) is 5.16 Å². The summed E-state index contributed by atoms with van der Waals surface area (Å²) >= 11 is 1.60. The van der Waals surface area contributed by atoms with Crippen LogP contribution in [0.5, 0.6) is 0 Å². The van der Waals surface area contributed by atoms with Crippen molar-refractivity contribution in [2.45, 2.75) is 25.8 Å². The van der Waals surface area contributed by atoms with Gasteiger partial charge in [0.05, 0.1) is 23.2 Å². The van der Waals surface area contributed by atoms with Crippen LogP contribution in [0.15, 0.2) is 9.90 Å². The molecule has 2 N–H and O–H groups in total. The van der Waals surface area contributed by atoms with Crippen LogP contribution in [-0.4, -0.2) is 15.1 Å². The molecule has 0 aromatic carbocycles. The molecule has 0 spiro atoms. The molecule has 2 aromatic rings. The summed E-state index contributed by atoms with van der Waals surface area (Å²) in [6.07, 6.45) is 6.11. The van der Waals surface area contributed by atoms with Gasteiger partial charge in [-0.15, -0.1) is 23.7 Å². The quantitative estimate of drug-likeness (QED) is 0.828. The number of nitrogens with two attached hydrogens (primary N) is 1. The third-order valence-electron chi connectivity index (χ3n) is 2.14. The Hall–Kier alpha value is -1.71. The summed E-state index contributed by atoms with van der Waals surface area (Å²) < 4.78 is 5.05. The van der Waals surface area contributed by atoms with E-state index in [1.54, 1.807) is 11.3 Å². The van der Waals surface area contributed by atoms with E-state index in [9.17, 15) is 0 Å². The van der Waals surface area contributed by atoms with E-state index >= 15 is 0 Å². The molecule has 2 rings (SSSR count). The first-order chi connectivity index (χ1) is 8.19. The summed E-state index contributed by atoms with van der Waals surface area (Å²) in [5, 5.41) is 6.85. The van der Waals surface area contributed by atoms with Gasteiger partial charge in [-0.3, -0.25) is 0 Å². The number of rotatable bonds is 4. The third kappa shape index (κ3) is 2.90. The van der Waals surface area contributed by atoms with E-state index in [2.05, 4.69) is 21.0 Å². The highest BCUT2D eigenvalue weighted by atomic mass is 32.1. The van der Waals surface area contributed by atoms with E-state index in [-0.39, 0.29) is 0 Å². The fourth-order valence-corrected chi connectivity index (χ4v) is 1.97. The van der Waals surface area contributed by atoms with Gasteiger partial charge in [-0.05, 0) is 6.92 Å². The van der Waals surface area contributed by atoms with Crippen molar-refractivity contribution in [3.05, 3.63) is 27.8 Å². The van der Waals surface area contributed by atoms with Crippen molar-refractivity contribution >= 4 is 11.3 Å². The van der Waals surface area contributed by atoms with Gasteiger partial charge < -0.3 is 10.3 Å². The largest absolute Gasteiger partial charge is 0.338 e. The number of aromatic nitrogens is 3. The highest BCUT2D eigenvalue weighted by molar-refractivity contribution is 7.09. The molecule has 0 bridgehead atoms. The van der Waals surface area contributed by atoms with Crippen LogP contribution in [0.2, 0.25) is 0 Å². The van der Waals surface area contributed by atoms with E-state index in [1.165, 1.54) is 0 Å². The fraction of sp³-hybridized carbons (Fsp3) is 0.364. The average molecular weight is 248 g/mol. The van der Waals surface area contributed by atoms with Gasteiger partial charge in [0.2, 0.25) is 5.89 Å². The standard InChI is InChI=1S/C11H12N4OS/c1-3-4-9(12)11-14-10(15-16-11)5-8-6-17-7(2)13-8/h1,6,9H,4-5,12H2,2H3. The molecule has 0 aliphatic rings. The molecule has 5 nitrogen and oxygen atoms in total. The molecule has 17 heavy (non-hydrogen) atoms. The molecule has 88 valence electrons. The van der Waals surface area contributed by atoms with Crippen molar-refractivity contribution in [3.8, 4) is 12.3 Å². The maximum atomic E-state index is 5.76. The molecular weight excluding hydrogens is 236 g/mol. The lowest BCUT2D eigenvalue weighted by Crippen LogP contribution is -2.09. The molecule has 0 saturated heterocycles. The zero-order valence-electron chi connectivity index (χ0n) is 9.38. The van der Waals surface area contributed by atoms with Crippen LogP contribution in [0.25, 0.3) is 0 Å². The molecule has 2 heterocycles. The zero-order chi connectivity index (χ0) is 12.3. The number of nitrogens with zero attached hydrogens (tertiary/aromatic N) is 3. The first kappa shape index (κ1) is 11.8. The van der Waals surface area contributed by atoms with Crippen LogP contribution in [-0.2, 0) is 6.42 Å². The van der Waals surface area contributed by atoms with Crippen LogP contribution < -0.4 is 5.73 Å². The van der Waals surface area contributed by atoms with Crippen molar-refractivity contribution < 1.29 is 4.52 Å². The summed E-state index contributed by atoms with van der Waals surface area (Å²) in [4.78, 5) is 8.53. The van der Waals surface area contributed by atoms with Gasteiger partial charge in [0.1, 0.15) is 0 Å². The maximum absolute atomic E-state index is 5.76. The predicted octanol–water partition coefficient (Wildman–Crippen LogP) is 1.45. The third-order valence-corrected chi connectivity index (χ3v) is 2.97. The minimum Gasteiger partial charge on any atom is -0.338 e. The Morgan fingerprint density at radius 2 is 2.41 bits per heavy atom. The van der Waals surface area contributed by atoms with Crippen LogP contribution >= 0.6 is 11.3 Å². The topological polar surface area (TPSA) is 77.8 Å². The maximum Gasteiger partial charge on any atom is 0.244 e. The highest BCUT2D eigenvalue weighted by Crippen LogP contribution is 2.14. The smallest absolute Gasteiger partial charge is 0.244 e. The van der Waals surface area contributed by atoms with Crippen molar-refractivity contribution in [1.29, 1.82) is 0 Å². The van der Waals surface area contributed by atoms with Crippen molar-refractivity contribution in [3.63, 3.8) is 0 Å². The van der Waals surface area contributed by atoms with Crippen molar-refractivity contribution in [2.75, 3.05) is 0 Å². The molecule has 1 unspecified atom stereocenters. The molecule has 1 atom stereocenters. The molecule has 0 aliphatic carbocycles. The number of thiazole rings is 1. The van der Waals surface area contributed by atoms with Gasteiger partial charge in [-0.25, -0.2) is 4.98 Å². The summed E-state index contributed by atoms with van der Waals surface area (Å²) in [5.74, 6) is 3.43. The van der Waals surface area contributed by atoms with E-state index in [4.69, 9.17) is 16.7 Å². The van der Waals surface area contributed by atoms with E-state index < -0.39 is 6.04 Å². The van der Waals surface area contributed by atoms with E-state index in [0.717, 1.165) is 10.7 Å². The number of terminal acetylenes is 1. The Kier molecular flexibility index (Phi) is 3.52. The molecule has 6 heteroatoms. The van der Waals surface area contributed by atoms with Crippen LogP contribution in [0, 0.1) is 19.3 Å². The summed E-state index contributed by atoms with van der Waals surface area (Å²) in [5.41, 5.74) is 6.70. The second-order valence-corrected chi connectivity index (χ2v) is 4.66. The van der Waals surface area contributed by atoms with Crippen LogP contribution in [0.1, 0.15) is 34.9 Å². The summed E-state index contributed by atoms with van der Waals surface area (Å²) in [7, 11) is 0. The van der Waals surface area contributed by atoms with Crippen molar-refractivity contribution in [1.82, 2.24) is 15.1 Å².